The standard InChI is InChI=1S/C14H23N3O2/c1-2-3-4-5-6-7-13-16-9-11-17(13,10-8-15)12-14(18)19/h2,9,11H,1,3-8,10,12,15H2/p+1. The van der Waals surface area contributed by atoms with Gasteiger partial charge >= 0.3 is 5.97 Å². The number of nitrogens with two attached hydrogens (primary N) is 1. The topological polar surface area (TPSA) is 75.7 Å². The van der Waals surface area contributed by atoms with E-state index in [1.807, 2.05) is 12.3 Å². The minimum Gasteiger partial charge on any atom is -0.477 e. The van der Waals surface area contributed by atoms with Gasteiger partial charge in [-0.05, 0) is 19.3 Å². The van der Waals surface area contributed by atoms with Gasteiger partial charge in [-0.3, -0.25) is 0 Å². The van der Waals surface area contributed by atoms with Gasteiger partial charge < -0.3 is 10.8 Å². The van der Waals surface area contributed by atoms with Crippen molar-refractivity contribution in [1.82, 2.24) is 0 Å². The van der Waals surface area contributed by atoms with Gasteiger partial charge in [0, 0.05) is 13.0 Å². The predicted molar refractivity (Wildman–Crippen MR) is 76.5 cm³/mol. The van der Waals surface area contributed by atoms with Crippen molar-refractivity contribution in [3.8, 4) is 0 Å². The zero-order valence-corrected chi connectivity index (χ0v) is 11.4. The van der Waals surface area contributed by atoms with Crippen LogP contribution in [0.1, 0.15) is 32.1 Å². The van der Waals surface area contributed by atoms with E-state index in [4.69, 9.17) is 10.8 Å². The second kappa shape index (κ2) is 7.86. The van der Waals surface area contributed by atoms with Gasteiger partial charge in [0.15, 0.2) is 6.54 Å². The minimum absolute atomic E-state index is 0.0270. The normalized spacial score (nSPS) is 21.4. The summed E-state index contributed by atoms with van der Waals surface area (Å²) in [6.45, 7) is 4.77. The Kier molecular flexibility index (Phi) is 6.45. The zero-order chi connectivity index (χ0) is 14.1. The van der Waals surface area contributed by atoms with Gasteiger partial charge in [-0.1, -0.05) is 12.5 Å². The molecule has 19 heavy (non-hydrogen) atoms. The van der Waals surface area contributed by atoms with E-state index in [2.05, 4.69) is 11.6 Å². The van der Waals surface area contributed by atoms with Crippen LogP contribution >= 0.6 is 0 Å². The van der Waals surface area contributed by atoms with E-state index in [-0.39, 0.29) is 11.0 Å². The molecule has 1 aliphatic heterocycles. The van der Waals surface area contributed by atoms with E-state index in [1.54, 1.807) is 6.20 Å². The molecule has 1 unspecified atom stereocenters. The number of allylic oxidation sites excluding steroid dienone is 1. The van der Waals surface area contributed by atoms with Crippen LogP contribution in [0.25, 0.3) is 0 Å². The number of rotatable bonds is 10. The first kappa shape index (κ1) is 15.6. The number of aliphatic carboxylic acids is 1. The summed E-state index contributed by atoms with van der Waals surface area (Å²) in [5, 5.41) is 9.07. The highest BCUT2D eigenvalue weighted by molar-refractivity contribution is 5.81. The summed E-state index contributed by atoms with van der Waals surface area (Å²) in [5.41, 5.74) is 5.62. The second-order valence-electron chi connectivity index (χ2n) is 4.83. The lowest BCUT2D eigenvalue weighted by Gasteiger charge is -2.30. The van der Waals surface area contributed by atoms with Crippen LogP contribution in [0.3, 0.4) is 0 Å². The van der Waals surface area contributed by atoms with Crippen molar-refractivity contribution >= 4 is 11.8 Å². The maximum absolute atomic E-state index is 11.0. The lowest BCUT2D eigenvalue weighted by molar-refractivity contribution is -0.778. The van der Waals surface area contributed by atoms with E-state index in [9.17, 15) is 4.79 Å². The number of hydrogen-bond acceptors (Lipinski definition) is 3. The highest BCUT2D eigenvalue weighted by Gasteiger charge is 2.36. The van der Waals surface area contributed by atoms with Crippen molar-refractivity contribution in [1.29, 1.82) is 0 Å². The lowest BCUT2D eigenvalue weighted by atomic mass is 10.1. The SMILES string of the molecule is C=CCCCCCC1=NC=C[N+]1(CCN)CC(=O)O. The molecule has 5 heteroatoms. The maximum atomic E-state index is 11.0. The van der Waals surface area contributed by atoms with Gasteiger partial charge in [-0.2, -0.15) is 0 Å². The fourth-order valence-electron chi connectivity index (χ4n) is 2.38. The van der Waals surface area contributed by atoms with E-state index in [0.717, 1.165) is 37.9 Å². The average molecular weight is 266 g/mol. The summed E-state index contributed by atoms with van der Waals surface area (Å²) in [5.74, 6) is 0.103. The van der Waals surface area contributed by atoms with Crippen LogP contribution in [0.4, 0.5) is 0 Å². The third-order valence-electron chi connectivity index (χ3n) is 3.34. The highest BCUT2D eigenvalue weighted by atomic mass is 16.4. The van der Waals surface area contributed by atoms with Crippen molar-refractivity contribution < 1.29 is 14.4 Å². The molecule has 1 rings (SSSR count). The molecular weight excluding hydrogens is 242 g/mol. The monoisotopic (exact) mass is 266 g/mol. The Morgan fingerprint density at radius 3 is 2.89 bits per heavy atom. The molecule has 106 valence electrons. The second-order valence-corrected chi connectivity index (χ2v) is 4.83. The van der Waals surface area contributed by atoms with Crippen LogP contribution in [0.15, 0.2) is 30.0 Å². The van der Waals surface area contributed by atoms with Crippen LogP contribution in [-0.4, -0.2) is 41.0 Å². The lowest BCUT2D eigenvalue weighted by Crippen LogP contribution is -2.52. The van der Waals surface area contributed by atoms with Gasteiger partial charge in [0.25, 0.3) is 0 Å². The number of carboxylic acid groups (broad SMARTS) is 1. The molecule has 0 radical (unpaired) electrons. The molecule has 0 saturated heterocycles. The van der Waals surface area contributed by atoms with Gasteiger partial charge in [0.2, 0.25) is 5.84 Å². The molecule has 1 atom stereocenters. The Balaban J connectivity index is 2.55. The Morgan fingerprint density at radius 2 is 2.26 bits per heavy atom. The minimum atomic E-state index is -0.820. The molecule has 0 aromatic heterocycles. The summed E-state index contributed by atoms with van der Waals surface area (Å²) in [6, 6.07) is 0. The van der Waals surface area contributed by atoms with Gasteiger partial charge in [0.1, 0.15) is 12.7 Å². The molecule has 0 amide bonds. The average Bonchev–Trinajstić information content (AvgIpc) is 2.71. The summed E-state index contributed by atoms with van der Waals surface area (Å²) in [4.78, 5) is 15.4. The summed E-state index contributed by atoms with van der Waals surface area (Å²) >= 11 is 0. The quantitative estimate of drug-likeness (QED) is 0.360. The molecule has 0 saturated carbocycles. The number of carboxylic acids is 1. The van der Waals surface area contributed by atoms with Gasteiger partial charge in [-0.15, -0.1) is 6.58 Å². The number of unbranched alkanes of at least 4 members (excludes halogenated alkanes) is 3. The van der Waals surface area contributed by atoms with Crippen LogP contribution in [-0.2, 0) is 4.79 Å². The largest absolute Gasteiger partial charge is 0.477 e. The van der Waals surface area contributed by atoms with E-state index in [0.29, 0.717) is 13.1 Å². The number of nitrogens with zero attached hydrogens (tertiary/aromatic N) is 2. The Hall–Kier alpha value is -1.46. The molecular formula is C14H24N3O2+. The third kappa shape index (κ3) is 4.61. The number of carbonyl (C=O) groups is 1. The van der Waals surface area contributed by atoms with Crippen molar-refractivity contribution in [2.75, 3.05) is 19.6 Å². The van der Waals surface area contributed by atoms with Gasteiger partial charge in [0.05, 0.1) is 6.20 Å². The van der Waals surface area contributed by atoms with Crippen molar-refractivity contribution in [3.63, 3.8) is 0 Å². The molecule has 0 fully saturated rings. The molecule has 0 aromatic carbocycles. The number of hydrogen-bond donors (Lipinski definition) is 2. The van der Waals surface area contributed by atoms with Crippen LogP contribution in [0.2, 0.25) is 0 Å². The maximum Gasteiger partial charge on any atom is 0.360 e. The predicted octanol–water partition coefficient (Wildman–Crippen LogP) is 1.87. The first-order valence-corrected chi connectivity index (χ1v) is 6.79. The molecule has 0 aromatic rings. The molecule has 0 bridgehead atoms. The van der Waals surface area contributed by atoms with Crippen LogP contribution in [0, 0.1) is 0 Å². The molecule has 1 aliphatic rings. The van der Waals surface area contributed by atoms with Crippen LogP contribution < -0.4 is 5.73 Å². The fourth-order valence-corrected chi connectivity index (χ4v) is 2.38. The number of amidine groups is 1. The van der Waals surface area contributed by atoms with E-state index < -0.39 is 5.97 Å². The Morgan fingerprint density at radius 1 is 1.47 bits per heavy atom. The Labute approximate surface area is 114 Å². The highest BCUT2D eigenvalue weighted by Crippen LogP contribution is 2.20. The van der Waals surface area contributed by atoms with E-state index in [1.165, 1.54) is 0 Å². The summed E-state index contributed by atoms with van der Waals surface area (Å²) in [7, 11) is 0. The molecule has 3 N–H and O–H groups in total. The fraction of sp³-hybridized carbons (Fsp3) is 0.571. The molecule has 0 aliphatic carbocycles. The number of aliphatic imine (C=N–C) groups is 1. The third-order valence-corrected chi connectivity index (χ3v) is 3.34. The first-order chi connectivity index (χ1) is 9.14. The zero-order valence-electron chi connectivity index (χ0n) is 11.4. The van der Waals surface area contributed by atoms with Crippen LogP contribution in [0.5, 0.6) is 0 Å². The smallest absolute Gasteiger partial charge is 0.360 e. The summed E-state index contributed by atoms with van der Waals surface area (Å²) in [6.07, 6.45) is 10.6. The van der Waals surface area contributed by atoms with Crippen molar-refractivity contribution in [2.45, 2.75) is 32.1 Å². The van der Waals surface area contributed by atoms with Crippen molar-refractivity contribution in [2.24, 2.45) is 10.7 Å². The van der Waals surface area contributed by atoms with E-state index >= 15 is 0 Å². The van der Waals surface area contributed by atoms with Gasteiger partial charge in [-0.25, -0.2) is 14.3 Å². The number of quaternary nitrogens is 1. The molecule has 0 spiro atoms. The molecule has 5 nitrogen and oxygen atoms in total. The van der Waals surface area contributed by atoms with Crippen molar-refractivity contribution in [3.05, 3.63) is 25.1 Å². The molecule has 1 heterocycles. The Bertz CT molecular complexity index is 377. The summed E-state index contributed by atoms with van der Waals surface area (Å²) < 4.78 is 0.285. The first-order valence-electron chi connectivity index (χ1n) is 6.79.